The normalized spacial score (nSPS) is 19.2. The highest BCUT2D eigenvalue weighted by Crippen LogP contribution is 2.30. The Labute approximate surface area is 134 Å². The van der Waals surface area contributed by atoms with Gasteiger partial charge in [-0.15, -0.1) is 11.6 Å². The Balaban J connectivity index is 0.000000161. The molecule has 0 amide bonds. The third kappa shape index (κ3) is 3.71. The van der Waals surface area contributed by atoms with Crippen LogP contribution in [0.4, 0.5) is 0 Å². The summed E-state index contributed by atoms with van der Waals surface area (Å²) < 4.78 is 21.7. The highest BCUT2D eigenvalue weighted by Gasteiger charge is 2.38. The van der Waals surface area contributed by atoms with Gasteiger partial charge in [-0.2, -0.15) is 0 Å². The van der Waals surface area contributed by atoms with E-state index >= 15 is 0 Å². The lowest BCUT2D eigenvalue weighted by Gasteiger charge is -2.14. The average Bonchev–Trinajstić information content (AvgIpc) is 2.90. The molecule has 116 valence electrons. The predicted molar refractivity (Wildman–Crippen MR) is 87.8 cm³/mol. The minimum atomic E-state index is -2.72. The van der Waals surface area contributed by atoms with E-state index in [2.05, 4.69) is 9.97 Å². The largest absolute Gasteiger partial charge is 0.341 e. The lowest BCUT2D eigenvalue weighted by Crippen LogP contribution is -2.26. The van der Waals surface area contributed by atoms with Crippen LogP contribution in [0.1, 0.15) is 32.5 Å². The van der Waals surface area contributed by atoms with Crippen LogP contribution >= 0.6 is 23.2 Å². The Morgan fingerprint density at radius 3 is 2.57 bits per heavy atom. The van der Waals surface area contributed by atoms with E-state index in [9.17, 15) is 8.42 Å². The number of fused-ring (bicyclic) bond motifs is 1. The zero-order valence-corrected chi connectivity index (χ0v) is 14.3. The van der Waals surface area contributed by atoms with E-state index < -0.39 is 14.6 Å². The van der Waals surface area contributed by atoms with Crippen LogP contribution in [0, 0.1) is 0 Å². The summed E-state index contributed by atoms with van der Waals surface area (Å²) in [6, 6.07) is 5.51. The molecule has 1 N–H and O–H groups in total. The van der Waals surface area contributed by atoms with Crippen molar-refractivity contribution in [2.75, 3.05) is 5.75 Å². The van der Waals surface area contributed by atoms with Gasteiger partial charge in [0.2, 0.25) is 0 Å². The molecule has 1 aliphatic heterocycles. The van der Waals surface area contributed by atoms with Crippen LogP contribution in [0.25, 0.3) is 11.0 Å². The Hall–Kier alpha value is -0.780. The molecule has 21 heavy (non-hydrogen) atoms. The van der Waals surface area contributed by atoms with Gasteiger partial charge in [-0.3, -0.25) is 0 Å². The van der Waals surface area contributed by atoms with Gasteiger partial charge in [0.25, 0.3) is 0 Å². The number of benzene rings is 1. The van der Waals surface area contributed by atoms with Gasteiger partial charge in [0.05, 0.1) is 27.4 Å². The van der Waals surface area contributed by atoms with Crippen LogP contribution in [0.5, 0.6) is 0 Å². The van der Waals surface area contributed by atoms with Crippen LogP contribution in [0.2, 0.25) is 5.02 Å². The van der Waals surface area contributed by atoms with Crippen molar-refractivity contribution in [3.63, 3.8) is 0 Å². The fourth-order valence-corrected chi connectivity index (χ4v) is 4.05. The molecule has 0 atom stereocenters. The van der Waals surface area contributed by atoms with Gasteiger partial charge in [0.15, 0.2) is 9.84 Å². The summed E-state index contributed by atoms with van der Waals surface area (Å²) in [7, 11) is -2.72. The zero-order valence-electron chi connectivity index (χ0n) is 12.0. The smallest absolute Gasteiger partial charge is 0.155 e. The molecular weight excluding hydrogens is 331 g/mol. The van der Waals surface area contributed by atoms with Crippen molar-refractivity contribution in [3.05, 3.63) is 29.0 Å². The maximum atomic E-state index is 11.1. The summed E-state index contributed by atoms with van der Waals surface area (Å²) in [6.45, 7) is 3.60. The molecule has 1 saturated heterocycles. The second-order valence-electron chi connectivity index (χ2n) is 5.66. The number of alkyl halides is 1. The summed E-state index contributed by atoms with van der Waals surface area (Å²) in [5.74, 6) is 1.56. The maximum absolute atomic E-state index is 11.1. The van der Waals surface area contributed by atoms with E-state index in [1.165, 1.54) is 0 Å². The standard InChI is InChI=1S/C8H6Cl2N2.C6H12O2S/c9-4-8-11-6-2-1-5(10)3-7(6)12-8;1-6(2)4-3-5-9(6,7)8/h1-3H,4H2,(H,11,12);3-5H2,1-2H3. The van der Waals surface area contributed by atoms with Crippen molar-refractivity contribution in [2.45, 2.75) is 37.3 Å². The number of nitrogens with one attached hydrogen (secondary N) is 1. The summed E-state index contributed by atoms with van der Waals surface area (Å²) in [6.07, 6.45) is 1.67. The molecule has 0 saturated carbocycles. The first kappa shape index (κ1) is 16.6. The average molecular weight is 349 g/mol. The van der Waals surface area contributed by atoms with E-state index in [4.69, 9.17) is 23.2 Å². The van der Waals surface area contributed by atoms with Crippen molar-refractivity contribution < 1.29 is 8.42 Å². The molecule has 1 aromatic carbocycles. The first-order chi connectivity index (χ1) is 9.75. The van der Waals surface area contributed by atoms with Gasteiger partial charge in [-0.05, 0) is 44.9 Å². The van der Waals surface area contributed by atoms with Gasteiger partial charge in [-0.25, -0.2) is 13.4 Å². The van der Waals surface area contributed by atoms with Crippen LogP contribution in [-0.2, 0) is 15.7 Å². The summed E-state index contributed by atoms with van der Waals surface area (Å²) in [4.78, 5) is 7.28. The van der Waals surface area contributed by atoms with Crippen LogP contribution in [0.3, 0.4) is 0 Å². The minimum absolute atomic E-state index is 0.389. The molecule has 3 rings (SSSR count). The minimum Gasteiger partial charge on any atom is -0.341 e. The quantitative estimate of drug-likeness (QED) is 0.794. The van der Waals surface area contributed by atoms with Gasteiger partial charge in [0, 0.05) is 5.02 Å². The topological polar surface area (TPSA) is 62.8 Å². The summed E-state index contributed by atoms with van der Waals surface area (Å²) >= 11 is 11.4. The third-order valence-corrected chi connectivity index (χ3v) is 6.86. The molecular formula is C14H18Cl2N2O2S. The molecule has 0 aliphatic carbocycles. The number of nitrogens with zero attached hydrogens (tertiary/aromatic N) is 1. The van der Waals surface area contributed by atoms with E-state index in [0.717, 1.165) is 29.7 Å². The third-order valence-electron chi connectivity index (χ3n) is 3.65. The van der Waals surface area contributed by atoms with E-state index in [-0.39, 0.29) is 0 Å². The second-order valence-corrected chi connectivity index (χ2v) is 9.11. The molecule has 2 heterocycles. The highest BCUT2D eigenvalue weighted by atomic mass is 35.5. The lowest BCUT2D eigenvalue weighted by atomic mass is 10.1. The number of aromatic amines is 1. The zero-order chi connectivity index (χ0) is 15.7. The van der Waals surface area contributed by atoms with Crippen molar-refractivity contribution in [3.8, 4) is 0 Å². The van der Waals surface area contributed by atoms with E-state index in [1.54, 1.807) is 13.8 Å². The van der Waals surface area contributed by atoms with E-state index in [1.807, 2.05) is 18.2 Å². The first-order valence-electron chi connectivity index (χ1n) is 6.67. The van der Waals surface area contributed by atoms with Gasteiger partial charge < -0.3 is 4.98 Å². The fourth-order valence-electron chi connectivity index (χ4n) is 2.22. The number of hydrogen-bond acceptors (Lipinski definition) is 3. The van der Waals surface area contributed by atoms with Gasteiger partial charge >= 0.3 is 0 Å². The Kier molecular flexibility index (Phi) is 4.85. The fraction of sp³-hybridized carbons (Fsp3) is 0.500. The van der Waals surface area contributed by atoms with E-state index in [0.29, 0.717) is 16.7 Å². The molecule has 1 aliphatic rings. The lowest BCUT2D eigenvalue weighted by molar-refractivity contribution is 0.558. The number of rotatable bonds is 1. The molecule has 7 heteroatoms. The molecule has 2 aromatic rings. The Bertz CT molecular complexity index is 739. The molecule has 0 unspecified atom stereocenters. The SMILES string of the molecule is CC1(C)CCCS1(=O)=O.ClCc1nc2ccc(Cl)cc2[nH]1. The van der Waals surface area contributed by atoms with Crippen LogP contribution in [0.15, 0.2) is 18.2 Å². The first-order valence-corrected chi connectivity index (χ1v) is 9.24. The second kappa shape index (κ2) is 6.15. The highest BCUT2D eigenvalue weighted by molar-refractivity contribution is 7.93. The van der Waals surface area contributed by atoms with Gasteiger partial charge in [0.1, 0.15) is 5.82 Å². The van der Waals surface area contributed by atoms with Crippen LogP contribution in [-0.4, -0.2) is 28.9 Å². The molecule has 1 aromatic heterocycles. The number of hydrogen-bond donors (Lipinski definition) is 1. The van der Waals surface area contributed by atoms with Crippen molar-refractivity contribution in [1.29, 1.82) is 0 Å². The van der Waals surface area contributed by atoms with Crippen LogP contribution < -0.4 is 0 Å². The number of imidazole rings is 1. The molecule has 0 bridgehead atoms. The number of halogens is 2. The predicted octanol–water partition coefficient (Wildman–Crippen LogP) is 3.93. The summed E-state index contributed by atoms with van der Waals surface area (Å²) in [5.41, 5.74) is 1.83. The van der Waals surface area contributed by atoms with Gasteiger partial charge in [-0.1, -0.05) is 11.6 Å². The monoisotopic (exact) mass is 348 g/mol. The van der Waals surface area contributed by atoms with Crippen molar-refractivity contribution >= 4 is 44.1 Å². The Morgan fingerprint density at radius 1 is 1.38 bits per heavy atom. The van der Waals surface area contributed by atoms with Crippen molar-refractivity contribution in [2.24, 2.45) is 0 Å². The molecule has 0 radical (unpaired) electrons. The molecule has 0 spiro atoms. The van der Waals surface area contributed by atoms with Crippen molar-refractivity contribution in [1.82, 2.24) is 9.97 Å². The number of sulfone groups is 1. The molecule has 1 fully saturated rings. The number of H-pyrrole nitrogens is 1. The molecule has 4 nitrogen and oxygen atoms in total. The number of aromatic nitrogens is 2. The summed E-state index contributed by atoms with van der Waals surface area (Å²) in [5, 5.41) is 0.701. The maximum Gasteiger partial charge on any atom is 0.155 e. The Morgan fingerprint density at radius 2 is 2.10 bits per heavy atom.